The van der Waals surface area contributed by atoms with Crippen LogP contribution in [0.3, 0.4) is 0 Å². The molecule has 1 aromatic carbocycles. The van der Waals surface area contributed by atoms with Crippen molar-refractivity contribution in [3.63, 3.8) is 0 Å². The Morgan fingerprint density at radius 1 is 0.884 bits per heavy atom. The molecule has 3 aliphatic heterocycles. The quantitative estimate of drug-likeness (QED) is 0.119. The third-order valence-electron chi connectivity index (χ3n) is 7.96. The van der Waals surface area contributed by atoms with Crippen LogP contribution in [0.4, 0.5) is 0 Å². The van der Waals surface area contributed by atoms with Gasteiger partial charge in [0.15, 0.2) is 12.6 Å². The van der Waals surface area contributed by atoms with E-state index in [1.807, 2.05) is 0 Å². The van der Waals surface area contributed by atoms with Crippen LogP contribution in [0.2, 0.25) is 0 Å². The van der Waals surface area contributed by atoms with Crippen LogP contribution in [0, 0.1) is 11.8 Å². The van der Waals surface area contributed by atoms with Gasteiger partial charge in [0.25, 0.3) is 0 Å². The number of esters is 1. The molecule has 43 heavy (non-hydrogen) atoms. The van der Waals surface area contributed by atoms with E-state index < -0.39 is 92.0 Å². The van der Waals surface area contributed by atoms with Crippen LogP contribution >= 0.6 is 0 Å². The van der Waals surface area contributed by atoms with Gasteiger partial charge in [0.2, 0.25) is 6.29 Å². The zero-order valence-corrected chi connectivity index (χ0v) is 22.7. The average Bonchev–Trinajstić information content (AvgIpc) is 3.44. The van der Waals surface area contributed by atoms with E-state index in [2.05, 4.69) is 0 Å². The van der Waals surface area contributed by atoms with E-state index in [0.717, 1.165) is 6.26 Å². The number of hydrogen-bond donors (Lipinski definition) is 7. The molecular formula is C28H34O15. The van der Waals surface area contributed by atoms with E-state index in [9.17, 15) is 45.3 Å². The number of fused-ring (bicyclic) bond motifs is 1. The van der Waals surface area contributed by atoms with Crippen LogP contribution in [0.1, 0.15) is 16.8 Å². The molecule has 1 aliphatic carbocycles. The number of hydrogen-bond acceptors (Lipinski definition) is 14. The monoisotopic (exact) mass is 610 g/mol. The maximum Gasteiger partial charge on any atom is 0.338 e. The lowest BCUT2D eigenvalue weighted by molar-refractivity contribution is -0.348. The highest BCUT2D eigenvalue weighted by Gasteiger charge is 2.50. The number of aliphatic hydroxyl groups is 6. The predicted molar refractivity (Wildman–Crippen MR) is 138 cm³/mol. The molecule has 3 heterocycles. The highest BCUT2D eigenvalue weighted by Crippen LogP contribution is 2.44. The van der Waals surface area contributed by atoms with Gasteiger partial charge in [0.05, 0.1) is 36.5 Å². The van der Waals surface area contributed by atoms with Crippen molar-refractivity contribution in [1.82, 2.24) is 0 Å². The van der Waals surface area contributed by atoms with Crippen LogP contribution in [0.15, 0.2) is 53.8 Å². The predicted octanol–water partition coefficient (Wildman–Crippen LogP) is -1.99. The third-order valence-corrected chi connectivity index (χ3v) is 7.96. The average molecular weight is 611 g/mol. The van der Waals surface area contributed by atoms with Gasteiger partial charge in [0.1, 0.15) is 49.3 Å². The molecule has 0 saturated carbocycles. The molecule has 0 spiro atoms. The van der Waals surface area contributed by atoms with Gasteiger partial charge in [-0.05, 0) is 24.1 Å². The van der Waals surface area contributed by atoms with E-state index in [1.54, 1.807) is 36.4 Å². The Balaban J connectivity index is 1.27. The molecule has 2 saturated heterocycles. The van der Waals surface area contributed by atoms with Crippen molar-refractivity contribution in [3.05, 3.63) is 59.4 Å². The molecule has 0 unspecified atom stereocenters. The molecule has 0 amide bonds. The number of benzene rings is 1. The number of carbonyl (C=O) groups is 2. The molecule has 1 aromatic rings. The van der Waals surface area contributed by atoms with Gasteiger partial charge < -0.3 is 64.2 Å². The molecule has 15 heteroatoms. The summed E-state index contributed by atoms with van der Waals surface area (Å²) in [5.74, 6) is -3.19. The standard InChI is InChI=1S/C28H34O15/c29-16-10-40-27(22(33)19(16)30)41-11-17-20(31)21(32)23(34)28(42-17)43-26-18-13(6-7-14(18)15(9-39-26)24(35)36)8-38-25(37)12-4-2-1-3-5-12/h1-6,9,14,16-23,26-34H,7-8,10-11H2,(H,35,36)/t14-,16+,17-,18-,19+,20-,21+,22-,23-,26+,27+,28+/m1/s1. The van der Waals surface area contributed by atoms with E-state index in [-0.39, 0.29) is 25.2 Å². The van der Waals surface area contributed by atoms with Crippen molar-refractivity contribution in [1.29, 1.82) is 0 Å². The van der Waals surface area contributed by atoms with Crippen molar-refractivity contribution < 1.29 is 73.8 Å². The lowest BCUT2D eigenvalue weighted by atomic mass is 9.83. The van der Waals surface area contributed by atoms with E-state index >= 15 is 0 Å². The fraction of sp³-hybridized carbons (Fsp3) is 0.571. The highest BCUT2D eigenvalue weighted by molar-refractivity contribution is 5.89. The summed E-state index contributed by atoms with van der Waals surface area (Å²) in [4.78, 5) is 24.4. The number of allylic oxidation sites excluding steroid dienone is 1. The van der Waals surface area contributed by atoms with Crippen molar-refractivity contribution in [2.75, 3.05) is 19.8 Å². The van der Waals surface area contributed by atoms with Gasteiger partial charge in [-0.25, -0.2) is 9.59 Å². The van der Waals surface area contributed by atoms with E-state index in [1.165, 1.54) is 0 Å². The first-order valence-corrected chi connectivity index (χ1v) is 13.7. The van der Waals surface area contributed by atoms with E-state index in [0.29, 0.717) is 11.1 Å². The highest BCUT2D eigenvalue weighted by atomic mass is 16.8. The second-order valence-electron chi connectivity index (χ2n) is 10.7. The Labute approximate surface area is 245 Å². The largest absolute Gasteiger partial charge is 0.478 e. The zero-order chi connectivity index (χ0) is 30.8. The Morgan fingerprint density at radius 2 is 1.60 bits per heavy atom. The molecule has 15 nitrogen and oxygen atoms in total. The summed E-state index contributed by atoms with van der Waals surface area (Å²) in [5.41, 5.74) is 0.810. The third kappa shape index (κ3) is 6.61. The normalized spacial score (nSPS) is 39.2. The molecule has 5 rings (SSSR count). The van der Waals surface area contributed by atoms with Gasteiger partial charge in [0, 0.05) is 5.92 Å². The molecule has 12 atom stereocenters. The SMILES string of the molecule is O=C(O)C1=CO[C@@H](O[C@@H]2O[C@H](CO[C@@H]3OC[C@H](O)[C@H](O)[C@H]3O)[C@@H](O)[C@H](O)[C@H]2O)[C@@H]2C(COC(=O)c3ccccc3)=CC[C@H]12. The molecule has 0 aromatic heterocycles. The van der Waals surface area contributed by atoms with Crippen molar-refractivity contribution in [3.8, 4) is 0 Å². The zero-order valence-electron chi connectivity index (χ0n) is 22.7. The molecule has 0 bridgehead atoms. The molecular weight excluding hydrogens is 576 g/mol. The molecule has 4 aliphatic rings. The second kappa shape index (κ2) is 13.4. The van der Waals surface area contributed by atoms with Crippen LogP contribution in [-0.4, -0.2) is 129 Å². The summed E-state index contributed by atoms with van der Waals surface area (Å²) < 4.78 is 33.3. The lowest BCUT2D eigenvalue weighted by Crippen LogP contribution is -2.61. The number of carbonyl (C=O) groups excluding carboxylic acids is 1. The van der Waals surface area contributed by atoms with Gasteiger partial charge in [-0.15, -0.1) is 0 Å². The Kier molecular flexibility index (Phi) is 9.77. The van der Waals surface area contributed by atoms with Crippen molar-refractivity contribution in [2.45, 2.75) is 68.0 Å². The van der Waals surface area contributed by atoms with Crippen LogP contribution in [0.25, 0.3) is 0 Å². The first kappa shape index (κ1) is 31.5. The number of rotatable bonds is 9. The van der Waals surface area contributed by atoms with Gasteiger partial charge >= 0.3 is 11.9 Å². The maximum absolute atomic E-state index is 12.5. The summed E-state index contributed by atoms with van der Waals surface area (Å²) in [7, 11) is 0. The van der Waals surface area contributed by atoms with Crippen LogP contribution in [0.5, 0.6) is 0 Å². The molecule has 0 radical (unpaired) electrons. The topological polar surface area (TPSA) is 231 Å². The Morgan fingerprint density at radius 3 is 2.33 bits per heavy atom. The lowest BCUT2D eigenvalue weighted by Gasteiger charge is -2.43. The summed E-state index contributed by atoms with van der Waals surface area (Å²) in [6.07, 6.45) is -12.2. The fourth-order valence-electron chi connectivity index (χ4n) is 5.52. The number of carboxylic acids is 1. The Bertz CT molecular complexity index is 1200. The fourth-order valence-corrected chi connectivity index (χ4v) is 5.52. The summed E-state index contributed by atoms with van der Waals surface area (Å²) in [6, 6.07) is 8.29. The molecule has 2 fully saturated rings. The second-order valence-corrected chi connectivity index (χ2v) is 10.7. The van der Waals surface area contributed by atoms with Crippen molar-refractivity contribution >= 4 is 11.9 Å². The Hall–Kier alpha value is -2.96. The molecule has 7 N–H and O–H groups in total. The summed E-state index contributed by atoms with van der Waals surface area (Å²) >= 11 is 0. The summed E-state index contributed by atoms with van der Waals surface area (Å²) in [5, 5.41) is 71.0. The number of aliphatic hydroxyl groups excluding tert-OH is 6. The van der Waals surface area contributed by atoms with Gasteiger partial charge in [-0.2, -0.15) is 0 Å². The number of aliphatic carboxylic acids is 1. The van der Waals surface area contributed by atoms with Gasteiger partial charge in [-0.1, -0.05) is 24.3 Å². The minimum Gasteiger partial charge on any atom is -0.478 e. The smallest absolute Gasteiger partial charge is 0.338 e. The number of ether oxygens (including phenoxy) is 6. The first-order valence-electron chi connectivity index (χ1n) is 13.7. The van der Waals surface area contributed by atoms with Crippen LogP contribution in [-0.2, 0) is 33.2 Å². The molecule has 236 valence electrons. The minimum absolute atomic E-state index is 0.0318. The van der Waals surface area contributed by atoms with Crippen molar-refractivity contribution in [2.24, 2.45) is 11.8 Å². The summed E-state index contributed by atoms with van der Waals surface area (Å²) in [6.45, 7) is -1.01. The van der Waals surface area contributed by atoms with Gasteiger partial charge in [-0.3, -0.25) is 0 Å². The number of carboxylic acid groups (broad SMARTS) is 1. The maximum atomic E-state index is 12.5. The minimum atomic E-state index is -1.77. The van der Waals surface area contributed by atoms with E-state index in [4.69, 9.17) is 28.4 Å². The van der Waals surface area contributed by atoms with Crippen LogP contribution < -0.4 is 0 Å². The first-order chi connectivity index (χ1) is 20.6.